The van der Waals surface area contributed by atoms with Crippen LogP contribution in [0.2, 0.25) is 5.02 Å². The number of hydrogen-bond acceptors (Lipinski definition) is 5. The van der Waals surface area contributed by atoms with E-state index in [1.54, 1.807) is 0 Å². The highest BCUT2D eigenvalue weighted by atomic mass is 35.5. The van der Waals surface area contributed by atoms with Crippen molar-refractivity contribution in [3.63, 3.8) is 0 Å². The summed E-state index contributed by atoms with van der Waals surface area (Å²) in [7, 11) is 0. The van der Waals surface area contributed by atoms with Crippen molar-refractivity contribution in [1.82, 2.24) is 15.5 Å². The van der Waals surface area contributed by atoms with Gasteiger partial charge in [0.1, 0.15) is 6.04 Å². The number of halogens is 1. The molecule has 0 saturated heterocycles. The fourth-order valence-corrected chi connectivity index (χ4v) is 3.15. The molecule has 0 aromatic heterocycles. The molecular formula is C19H29ClN4O4. The van der Waals surface area contributed by atoms with Gasteiger partial charge in [-0.2, -0.15) is 0 Å². The first-order chi connectivity index (χ1) is 13.1. The van der Waals surface area contributed by atoms with Crippen LogP contribution in [0.1, 0.15) is 45.0 Å². The van der Waals surface area contributed by atoms with Crippen LogP contribution in [0, 0.1) is 16.0 Å². The maximum atomic E-state index is 12.6. The lowest BCUT2D eigenvalue weighted by atomic mass is 10.0. The average molecular weight is 413 g/mol. The van der Waals surface area contributed by atoms with E-state index in [0.717, 1.165) is 19.2 Å². The fourth-order valence-electron chi connectivity index (χ4n) is 2.89. The molecule has 0 aliphatic heterocycles. The number of benzene rings is 1. The summed E-state index contributed by atoms with van der Waals surface area (Å²) in [5.74, 6) is -0.976. The molecule has 0 aliphatic rings. The molecule has 0 spiro atoms. The number of likely N-dealkylation sites (N-methyl/N-ethyl adjacent to an activating group) is 1. The predicted molar refractivity (Wildman–Crippen MR) is 110 cm³/mol. The number of carbonyl (C=O) groups is 2. The third kappa shape index (κ3) is 6.45. The van der Waals surface area contributed by atoms with E-state index in [9.17, 15) is 19.7 Å². The standard InChI is InChI=1S/C19H29ClN4O4/c1-6-23(7-2)13(5)11-21-19(26)17(12(3)4)22-18(25)15-9-8-14(24(27)28)10-16(15)20/h8-10,12-13,17H,6-7,11H2,1-5H3,(H,21,26)(H,22,25). The van der Waals surface area contributed by atoms with Gasteiger partial charge in [-0.25, -0.2) is 0 Å². The second-order valence-electron chi connectivity index (χ2n) is 6.93. The zero-order chi connectivity index (χ0) is 21.4. The summed E-state index contributed by atoms with van der Waals surface area (Å²) in [5.41, 5.74) is -0.118. The lowest BCUT2D eigenvalue weighted by Crippen LogP contribution is -2.52. The summed E-state index contributed by atoms with van der Waals surface area (Å²) in [5, 5.41) is 16.3. The van der Waals surface area contributed by atoms with Crippen molar-refractivity contribution in [3.8, 4) is 0 Å². The minimum Gasteiger partial charge on any atom is -0.353 e. The van der Waals surface area contributed by atoms with Crippen molar-refractivity contribution in [1.29, 1.82) is 0 Å². The Morgan fingerprint density at radius 3 is 2.29 bits per heavy atom. The first-order valence-corrected chi connectivity index (χ1v) is 9.76. The Morgan fingerprint density at radius 1 is 1.21 bits per heavy atom. The average Bonchev–Trinajstić information content (AvgIpc) is 2.64. The van der Waals surface area contributed by atoms with Gasteiger partial charge in [-0.15, -0.1) is 0 Å². The summed E-state index contributed by atoms with van der Waals surface area (Å²) in [6.45, 7) is 12.1. The summed E-state index contributed by atoms with van der Waals surface area (Å²) in [6.07, 6.45) is 0. The molecule has 2 unspecified atom stereocenters. The van der Waals surface area contributed by atoms with Crippen molar-refractivity contribution in [2.24, 2.45) is 5.92 Å². The second kappa shape index (κ2) is 11.0. The van der Waals surface area contributed by atoms with Gasteiger partial charge < -0.3 is 10.6 Å². The zero-order valence-electron chi connectivity index (χ0n) is 17.0. The molecule has 0 fully saturated rings. The maximum Gasteiger partial charge on any atom is 0.270 e. The Labute approximate surface area is 170 Å². The quantitative estimate of drug-likeness (QED) is 0.454. The van der Waals surface area contributed by atoms with Crippen molar-refractivity contribution >= 4 is 29.1 Å². The van der Waals surface area contributed by atoms with E-state index in [4.69, 9.17) is 11.6 Å². The lowest BCUT2D eigenvalue weighted by Gasteiger charge is -2.28. The first-order valence-electron chi connectivity index (χ1n) is 9.38. The number of hydrogen-bond donors (Lipinski definition) is 2. The number of nitro benzene ring substituents is 1. The Morgan fingerprint density at radius 2 is 1.82 bits per heavy atom. The van der Waals surface area contributed by atoms with Crippen LogP contribution in [0.5, 0.6) is 0 Å². The number of nitrogens with one attached hydrogen (secondary N) is 2. The number of amides is 2. The number of non-ortho nitro benzene ring substituents is 1. The van der Waals surface area contributed by atoms with Crippen LogP contribution >= 0.6 is 11.6 Å². The molecule has 1 rings (SSSR count). The maximum absolute atomic E-state index is 12.6. The molecule has 0 aliphatic carbocycles. The molecule has 9 heteroatoms. The first kappa shape index (κ1) is 23.8. The molecule has 2 atom stereocenters. The number of carbonyl (C=O) groups excluding carboxylic acids is 2. The SMILES string of the molecule is CCN(CC)C(C)CNC(=O)C(NC(=O)c1ccc([N+](=O)[O-])cc1Cl)C(C)C. The highest BCUT2D eigenvalue weighted by Gasteiger charge is 2.26. The van der Waals surface area contributed by atoms with Crippen LogP contribution in [0.25, 0.3) is 0 Å². The summed E-state index contributed by atoms with van der Waals surface area (Å²) < 4.78 is 0. The van der Waals surface area contributed by atoms with Crippen molar-refractivity contribution < 1.29 is 14.5 Å². The number of nitrogens with zero attached hydrogens (tertiary/aromatic N) is 2. The molecule has 0 bridgehead atoms. The van der Waals surface area contributed by atoms with Gasteiger partial charge in [0.15, 0.2) is 0 Å². The number of rotatable bonds is 10. The smallest absolute Gasteiger partial charge is 0.270 e. The third-order valence-electron chi connectivity index (χ3n) is 4.65. The molecule has 1 aromatic carbocycles. The van der Waals surface area contributed by atoms with Gasteiger partial charge in [0.25, 0.3) is 11.6 Å². The Balaban J connectivity index is 2.82. The molecule has 28 heavy (non-hydrogen) atoms. The van der Waals surface area contributed by atoms with Crippen LogP contribution in [-0.2, 0) is 4.79 Å². The minimum atomic E-state index is -0.748. The van der Waals surface area contributed by atoms with Gasteiger partial charge in [0.05, 0.1) is 15.5 Å². The molecule has 0 heterocycles. The van der Waals surface area contributed by atoms with E-state index in [1.807, 2.05) is 20.8 Å². The normalized spacial score (nSPS) is 13.3. The highest BCUT2D eigenvalue weighted by molar-refractivity contribution is 6.34. The summed E-state index contributed by atoms with van der Waals surface area (Å²) in [4.78, 5) is 37.6. The van der Waals surface area contributed by atoms with Gasteiger partial charge in [0.2, 0.25) is 5.91 Å². The van der Waals surface area contributed by atoms with E-state index in [1.165, 1.54) is 12.1 Å². The van der Waals surface area contributed by atoms with E-state index >= 15 is 0 Å². The Hall–Kier alpha value is -2.19. The van der Waals surface area contributed by atoms with Gasteiger partial charge >= 0.3 is 0 Å². The molecule has 1 aromatic rings. The van der Waals surface area contributed by atoms with E-state index in [0.29, 0.717) is 6.54 Å². The van der Waals surface area contributed by atoms with Crippen LogP contribution < -0.4 is 10.6 Å². The monoisotopic (exact) mass is 412 g/mol. The molecule has 0 radical (unpaired) electrons. The molecule has 156 valence electrons. The summed E-state index contributed by atoms with van der Waals surface area (Å²) >= 11 is 6.01. The number of nitro groups is 1. The van der Waals surface area contributed by atoms with E-state index < -0.39 is 16.9 Å². The minimum absolute atomic E-state index is 0.0373. The lowest BCUT2D eigenvalue weighted by molar-refractivity contribution is -0.384. The molecule has 2 amide bonds. The largest absolute Gasteiger partial charge is 0.353 e. The van der Waals surface area contributed by atoms with Crippen molar-refractivity contribution in [2.45, 2.75) is 46.7 Å². The Bertz CT molecular complexity index is 707. The third-order valence-corrected chi connectivity index (χ3v) is 4.96. The van der Waals surface area contributed by atoms with Crippen LogP contribution in [0.3, 0.4) is 0 Å². The zero-order valence-corrected chi connectivity index (χ0v) is 17.7. The van der Waals surface area contributed by atoms with Crippen molar-refractivity contribution in [2.75, 3.05) is 19.6 Å². The molecular weight excluding hydrogens is 384 g/mol. The van der Waals surface area contributed by atoms with E-state index in [-0.39, 0.29) is 34.1 Å². The second-order valence-corrected chi connectivity index (χ2v) is 7.34. The predicted octanol–water partition coefficient (Wildman–Crippen LogP) is 2.85. The van der Waals surface area contributed by atoms with Crippen LogP contribution in [0.4, 0.5) is 5.69 Å². The van der Waals surface area contributed by atoms with E-state index in [2.05, 4.69) is 29.4 Å². The topological polar surface area (TPSA) is 105 Å². The van der Waals surface area contributed by atoms with Crippen molar-refractivity contribution in [3.05, 3.63) is 38.9 Å². The van der Waals surface area contributed by atoms with Gasteiger partial charge in [-0.1, -0.05) is 39.3 Å². The summed E-state index contributed by atoms with van der Waals surface area (Å²) in [6, 6.07) is 3.03. The molecule has 2 N–H and O–H groups in total. The Kier molecular flexibility index (Phi) is 9.34. The molecule has 8 nitrogen and oxygen atoms in total. The van der Waals surface area contributed by atoms with Gasteiger partial charge in [-0.3, -0.25) is 24.6 Å². The van der Waals surface area contributed by atoms with Gasteiger partial charge in [0, 0.05) is 24.7 Å². The highest BCUT2D eigenvalue weighted by Crippen LogP contribution is 2.22. The fraction of sp³-hybridized carbons (Fsp3) is 0.579. The van der Waals surface area contributed by atoms with Crippen LogP contribution in [-0.4, -0.2) is 53.4 Å². The van der Waals surface area contributed by atoms with Crippen LogP contribution in [0.15, 0.2) is 18.2 Å². The molecule has 0 saturated carbocycles. The van der Waals surface area contributed by atoms with Gasteiger partial charge in [-0.05, 0) is 32.0 Å².